The molecule has 1 N–H and O–H groups in total. The highest BCUT2D eigenvalue weighted by Crippen LogP contribution is 2.27. The second-order valence-corrected chi connectivity index (χ2v) is 8.26. The van der Waals surface area contributed by atoms with E-state index in [1.165, 1.54) is 6.07 Å². The molecule has 4 aromatic rings. The molecule has 1 saturated heterocycles. The van der Waals surface area contributed by atoms with Crippen LogP contribution in [0.5, 0.6) is 0 Å². The van der Waals surface area contributed by atoms with Gasteiger partial charge in [-0.25, -0.2) is 9.07 Å². The Morgan fingerprint density at radius 1 is 1.00 bits per heavy atom. The van der Waals surface area contributed by atoms with Gasteiger partial charge in [0, 0.05) is 30.5 Å². The van der Waals surface area contributed by atoms with Crippen LogP contribution in [0.2, 0.25) is 0 Å². The number of nitrogens with zero attached hydrogens (tertiary/aromatic N) is 3. The average Bonchev–Trinajstić information content (AvgIpc) is 3.31. The molecular weight excluding hydrogens is 431 g/mol. The summed E-state index contributed by atoms with van der Waals surface area (Å²) in [6.07, 6.45) is 1.71. The Morgan fingerprint density at radius 2 is 1.79 bits per heavy atom. The molecule has 1 aliphatic rings. The molecule has 0 radical (unpaired) electrons. The van der Waals surface area contributed by atoms with Gasteiger partial charge < -0.3 is 15.0 Å². The number of benzene rings is 3. The number of amides is 1. The largest absolute Gasteiger partial charge is 0.378 e. The highest BCUT2D eigenvalue weighted by molar-refractivity contribution is 6.08. The lowest BCUT2D eigenvalue weighted by Gasteiger charge is -2.29. The smallest absolute Gasteiger partial charge is 0.259 e. The Kier molecular flexibility index (Phi) is 6.10. The fourth-order valence-corrected chi connectivity index (χ4v) is 4.10. The van der Waals surface area contributed by atoms with E-state index in [9.17, 15) is 9.18 Å². The number of hydrogen-bond donors (Lipinski definition) is 1. The molecule has 7 heteroatoms. The molecule has 5 rings (SSSR count). The van der Waals surface area contributed by atoms with Gasteiger partial charge in [-0.2, -0.15) is 5.10 Å². The minimum atomic E-state index is -0.376. The predicted octanol–water partition coefficient (Wildman–Crippen LogP) is 5.08. The third kappa shape index (κ3) is 4.56. The Morgan fingerprint density at radius 3 is 2.53 bits per heavy atom. The number of hydrogen-bond acceptors (Lipinski definition) is 4. The lowest BCUT2D eigenvalue weighted by Crippen LogP contribution is -2.36. The summed E-state index contributed by atoms with van der Waals surface area (Å²) >= 11 is 0. The molecule has 0 unspecified atom stereocenters. The molecule has 2 heterocycles. The third-order valence-corrected chi connectivity index (χ3v) is 5.83. The molecule has 0 saturated carbocycles. The number of aryl methyl sites for hydroxylation is 1. The van der Waals surface area contributed by atoms with E-state index in [4.69, 9.17) is 9.84 Å². The summed E-state index contributed by atoms with van der Waals surface area (Å²) in [5, 5.41) is 7.55. The molecule has 1 amide bonds. The van der Waals surface area contributed by atoms with Gasteiger partial charge in [-0.1, -0.05) is 42.0 Å². The topological polar surface area (TPSA) is 59.4 Å². The number of morpholine rings is 1. The van der Waals surface area contributed by atoms with Crippen LogP contribution in [0.4, 0.5) is 15.8 Å². The van der Waals surface area contributed by atoms with Crippen molar-refractivity contribution in [1.82, 2.24) is 9.78 Å². The number of halogens is 1. The molecule has 172 valence electrons. The summed E-state index contributed by atoms with van der Waals surface area (Å²) in [5.74, 6) is -0.726. The number of para-hydroxylation sites is 1. The molecule has 34 heavy (non-hydrogen) atoms. The fraction of sp³-hybridized carbons (Fsp3) is 0.185. The standard InChI is InChI=1S/C27H25FN4O2/c1-19-6-5-7-20(16-19)26-23(18-32(30-26)22-8-3-2-4-9-22)27(33)29-21-10-11-25(24(28)17-21)31-12-14-34-15-13-31/h2-11,16-18H,12-15H2,1H3,(H,29,33). The van der Waals surface area contributed by atoms with E-state index in [0.29, 0.717) is 48.9 Å². The van der Waals surface area contributed by atoms with Gasteiger partial charge in [0.25, 0.3) is 5.91 Å². The number of carbonyl (C=O) groups excluding carboxylic acids is 1. The second-order valence-electron chi connectivity index (χ2n) is 8.26. The van der Waals surface area contributed by atoms with Crippen LogP contribution in [0.25, 0.3) is 16.9 Å². The zero-order valence-electron chi connectivity index (χ0n) is 18.9. The van der Waals surface area contributed by atoms with Crippen LogP contribution in [-0.2, 0) is 4.74 Å². The van der Waals surface area contributed by atoms with Crippen LogP contribution >= 0.6 is 0 Å². The molecule has 0 bridgehead atoms. The molecule has 1 fully saturated rings. The lowest BCUT2D eigenvalue weighted by atomic mass is 10.1. The van der Waals surface area contributed by atoms with Crippen molar-refractivity contribution < 1.29 is 13.9 Å². The zero-order valence-corrected chi connectivity index (χ0v) is 18.9. The minimum Gasteiger partial charge on any atom is -0.378 e. The van der Waals surface area contributed by atoms with E-state index >= 15 is 0 Å². The van der Waals surface area contributed by atoms with Crippen molar-refractivity contribution in [2.75, 3.05) is 36.5 Å². The van der Waals surface area contributed by atoms with Crippen LogP contribution in [0.3, 0.4) is 0 Å². The lowest BCUT2D eigenvalue weighted by molar-refractivity contribution is 0.102. The monoisotopic (exact) mass is 456 g/mol. The summed E-state index contributed by atoms with van der Waals surface area (Å²) in [5.41, 5.74) is 4.63. The van der Waals surface area contributed by atoms with Gasteiger partial charge in [0.2, 0.25) is 0 Å². The van der Waals surface area contributed by atoms with Crippen LogP contribution < -0.4 is 10.2 Å². The van der Waals surface area contributed by atoms with Crippen LogP contribution in [0.1, 0.15) is 15.9 Å². The fourth-order valence-electron chi connectivity index (χ4n) is 4.10. The molecule has 1 aliphatic heterocycles. The van der Waals surface area contributed by atoms with E-state index in [1.807, 2.05) is 66.4 Å². The maximum atomic E-state index is 14.9. The van der Waals surface area contributed by atoms with Crippen molar-refractivity contribution in [3.63, 3.8) is 0 Å². The molecular formula is C27H25FN4O2. The first-order valence-electron chi connectivity index (χ1n) is 11.2. The minimum absolute atomic E-state index is 0.350. The molecule has 6 nitrogen and oxygen atoms in total. The van der Waals surface area contributed by atoms with Crippen molar-refractivity contribution >= 4 is 17.3 Å². The van der Waals surface area contributed by atoms with Gasteiger partial charge in [0.1, 0.15) is 11.5 Å². The number of ether oxygens (including phenoxy) is 1. The van der Waals surface area contributed by atoms with Crippen molar-refractivity contribution in [1.29, 1.82) is 0 Å². The Hall–Kier alpha value is -3.97. The normalized spacial score (nSPS) is 13.6. The zero-order chi connectivity index (χ0) is 23.5. The highest BCUT2D eigenvalue weighted by atomic mass is 19.1. The maximum Gasteiger partial charge on any atom is 0.259 e. The van der Waals surface area contributed by atoms with Gasteiger partial charge in [-0.15, -0.1) is 0 Å². The Labute approximate surface area is 197 Å². The number of anilines is 2. The van der Waals surface area contributed by atoms with E-state index < -0.39 is 0 Å². The molecule has 1 aromatic heterocycles. The van der Waals surface area contributed by atoms with Gasteiger partial charge >= 0.3 is 0 Å². The maximum absolute atomic E-state index is 14.9. The number of aromatic nitrogens is 2. The van der Waals surface area contributed by atoms with E-state index in [0.717, 1.165) is 16.8 Å². The summed E-state index contributed by atoms with van der Waals surface area (Å²) in [7, 11) is 0. The average molecular weight is 457 g/mol. The van der Waals surface area contributed by atoms with Gasteiger partial charge in [0.05, 0.1) is 30.2 Å². The Balaban J connectivity index is 1.46. The van der Waals surface area contributed by atoms with Crippen molar-refractivity contribution in [2.24, 2.45) is 0 Å². The number of rotatable bonds is 5. The van der Waals surface area contributed by atoms with Gasteiger partial charge in [0.15, 0.2) is 0 Å². The van der Waals surface area contributed by atoms with Gasteiger partial charge in [-0.3, -0.25) is 4.79 Å². The molecule has 0 atom stereocenters. The van der Waals surface area contributed by atoms with Crippen molar-refractivity contribution in [2.45, 2.75) is 6.92 Å². The first-order valence-corrected chi connectivity index (χ1v) is 11.2. The van der Waals surface area contributed by atoms with E-state index in [-0.39, 0.29) is 11.7 Å². The molecule has 0 spiro atoms. The third-order valence-electron chi connectivity index (χ3n) is 5.83. The highest BCUT2D eigenvalue weighted by Gasteiger charge is 2.20. The molecule has 0 aliphatic carbocycles. The summed E-state index contributed by atoms with van der Waals surface area (Å²) in [6.45, 7) is 4.43. The second kappa shape index (κ2) is 9.49. The summed E-state index contributed by atoms with van der Waals surface area (Å²) in [4.78, 5) is 15.3. The van der Waals surface area contributed by atoms with E-state index in [1.54, 1.807) is 23.0 Å². The first-order chi connectivity index (χ1) is 16.6. The van der Waals surface area contributed by atoms with E-state index in [2.05, 4.69) is 5.32 Å². The van der Waals surface area contributed by atoms with Crippen molar-refractivity contribution in [3.05, 3.63) is 95.9 Å². The van der Waals surface area contributed by atoms with Crippen LogP contribution in [0, 0.1) is 12.7 Å². The van der Waals surface area contributed by atoms with Crippen LogP contribution in [-0.4, -0.2) is 42.0 Å². The quantitative estimate of drug-likeness (QED) is 0.455. The predicted molar refractivity (Wildman–Crippen MR) is 131 cm³/mol. The van der Waals surface area contributed by atoms with Crippen molar-refractivity contribution in [3.8, 4) is 16.9 Å². The Bertz CT molecular complexity index is 1310. The molecule has 3 aromatic carbocycles. The number of nitrogens with one attached hydrogen (secondary N) is 1. The SMILES string of the molecule is Cc1cccc(-c2nn(-c3ccccc3)cc2C(=O)Nc2ccc(N3CCOCC3)c(F)c2)c1. The number of carbonyl (C=O) groups is 1. The van der Waals surface area contributed by atoms with Gasteiger partial charge in [-0.05, 0) is 43.3 Å². The first kappa shape index (κ1) is 21.9. The van der Waals surface area contributed by atoms with Crippen LogP contribution in [0.15, 0.2) is 79.0 Å². The summed E-state index contributed by atoms with van der Waals surface area (Å²) in [6, 6.07) is 22.2. The summed E-state index contributed by atoms with van der Waals surface area (Å²) < 4.78 is 21.9.